The van der Waals surface area contributed by atoms with Crippen molar-refractivity contribution in [2.24, 2.45) is 5.92 Å². The van der Waals surface area contributed by atoms with E-state index in [0.29, 0.717) is 0 Å². The summed E-state index contributed by atoms with van der Waals surface area (Å²) in [7, 11) is 2.20. The maximum Gasteiger partial charge on any atom is 0.290 e. The Labute approximate surface area is 68.0 Å². The highest BCUT2D eigenvalue weighted by Crippen LogP contribution is 2.13. The molecule has 1 N–H and O–H groups in total. The van der Waals surface area contributed by atoms with Gasteiger partial charge in [0.15, 0.2) is 0 Å². The van der Waals surface area contributed by atoms with E-state index in [4.69, 9.17) is 9.90 Å². The molecule has 0 aromatic carbocycles. The summed E-state index contributed by atoms with van der Waals surface area (Å²) in [6.07, 6.45) is 2.80. The Hall–Kier alpha value is -0.570. The van der Waals surface area contributed by atoms with Crippen LogP contribution in [0, 0.1) is 5.92 Å². The van der Waals surface area contributed by atoms with Crippen molar-refractivity contribution < 1.29 is 9.90 Å². The predicted molar refractivity (Wildman–Crippen MR) is 44.6 cm³/mol. The summed E-state index contributed by atoms with van der Waals surface area (Å²) in [4.78, 5) is 10.8. The molecule has 3 heteroatoms. The van der Waals surface area contributed by atoms with Gasteiger partial charge in [0.1, 0.15) is 0 Å². The lowest BCUT2D eigenvalue weighted by Gasteiger charge is -2.26. The Kier molecular flexibility index (Phi) is 5.84. The largest absolute Gasteiger partial charge is 0.483 e. The van der Waals surface area contributed by atoms with E-state index in [1.807, 2.05) is 0 Å². The van der Waals surface area contributed by atoms with Crippen molar-refractivity contribution in [1.82, 2.24) is 4.90 Å². The highest BCUT2D eigenvalue weighted by Gasteiger charge is 2.10. The van der Waals surface area contributed by atoms with Crippen molar-refractivity contribution in [3.63, 3.8) is 0 Å². The summed E-state index contributed by atoms with van der Waals surface area (Å²) >= 11 is 0. The van der Waals surface area contributed by atoms with Crippen LogP contribution in [0.2, 0.25) is 0 Å². The van der Waals surface area contributed by atoms with Gasteiger partial charge in [-0.15, -0.1) is 0 Å². The molecule has 1 fully saturated rings. The van der Waals surface area contributed by atoms with Crippen LogP contribution < -0.4 is 0 Å². The molecular formula is C8H17NO2. The van der Waals surface area contributed by atoms with Gasteiger partial charge < -0.3 is 10.0 Å². The fourth-order valence-electron chi connectivity index (χ4n) is 1.14. The number of carboxylic acid groups (broad SMARTS) is 1. The second-order valence-electron chi connectivity index (χ2n) is 3.09. The first-order valence-corrected chi connectivity index (χ1v) is 3.97. The van der Waals surface area contributed by atoms with Crippen LogP contribution in [0.3, 0.4) is 0 Å². The van der Waals surface area contributed by atoms with Gasteiger partial charge in [0, 0.05) is 0 Å². The van der Waals surface area contributed by atoms with E-state index < -0.39 is 0 Å². The monoisotopic (exact) mass is 159 g/mol. The van der Waals surface area contributed by atoms with Gasteiger partial charge >= 0.3 is 0 Å². The zero-order valence-electron chi connectivity index (χ0n) is 7.29. The van der Waals surface area contributed by atoms with Crippen molar-refractivity contribution in [1.29, 1.82) is 0 Å². The zero-order valence-corrected chi connectivity index (χ0v) is 7.29. The quantitative estimate of drug-likeness (QED) is 0.537. The van der Waals surface area contributed by atoms with E-state index >= 15 is 0 Å². The van der Waals surface area contributed by atoms with Crippen molar-refractivity contribution in [3.05, 3.63) is 0 Å². The van der Waals surface area contributed by atoms with Crippen LogP contribution in [-0.4, -0.2) is 36.6 Å². The van der Waals surface area contributed by atoms with Crippen LogP contribution in [0.1, 0.15) is 19.8 Å². The van der Waals surface area contributed by atoms with Crippen LogP contribution in [0.4, 0.5) is 0 Å². The van der Waals surface area contributed by atoms with E-state index in [9.17, 15) is 0 Å². The molecule has 1 heterocycles. The zero-order chi connectivity index (χ0) is 8.69. The Morgan fingerprint density at radius 3 is 2.09 bits per heavy atom. The van der Waals surface area contributed by atoms with Crippen LogP contribution in [0.25, 0.3) is 0 Å². The lowest BCUT2D eigenvalue weighted by Crippen LogP contribution is -2.28. The lowest BCUT2D eigenvalue weighted by atomic mass is 10.00. The normalized spacial score (nSPS) is 20.2. The minimum atomic E-state index is -0.250. The summed E-state index contributed by atoms with van der Waals surface area (Å²) < 4.78 is 0. The smallest absolute Gasteiger partial charge is 0.290 e. The van der Waals surface area contributed by atoms with Gasteiger partial charge in [0.05, 0.1) is 0 Å². The van der Waals surface area contributed by atoms with Gasteiger partial charge in [-0.2, -0.15) is 0 Å². The number of likely N-dealkylation sites (tertiary alicyclic amines) is 1. The molecule has 1 aliphatic rings. The molecule has 0 spiro atoms. The summed E-state index contributed by atoms with van der Waals surface area (Å²) in [5, 5.41) is 6.89. The van der Waals surface area contributed by atoms with Crippen molar-refractivity contribution in [3.8, 4) is 0 Å². The average molecular weight is 159 g/mol. The molecule has 0 aromatic heterocycles. The molecule has 0 saturated carbocycles. The summed E-state index contributed by atoms with van der Waals surface area (Å²) in [5.41, 5.74) is 0. The van der Waals surface area contributed by atoms with E-state index in [2.05, 4.69) is 18.9 Å². The number of hydrogen-bond donors (Lipinski definition) is 1. The fourth-order valence-corrected chi connectivity index (χ4v) is 1.14. The molecule has 66 valence electrons. The molecule has 0 unspecified atom stereocenters. The molecule has 11 heavy (non-hydrogen) atoms. The number of rotatable bonds is 0. The average Bonchev–Trinajstić information content (AvgIpc) is 1.97. The molecule has 0 bridgehead atoms. The second kappa shape index (κ2) is 6.16. The van der Waals surface area contributed by atoms with Crippen LogP contribution in [0.5, 0.6) is 0 Å². The third-order valence-electron chi connectivity index (χ3n) is 2.01. The first kappa shape index (κ1) is 10.4. The molecule has 0 radical (unpaired) electrons. The highest BCUT2D eigenvalue weighted by molar-refractivity contribution is 5.32. The number of piperidine rings is 1. The summed E-state index contributed by atoms with van der Waals surface area (Å²) in [6.45, 7) is 4.70. The van der Waals surface area contributed by atoms with Crippen LogP contribution in [-0.2, 0) is 4.79 Å². The van der Waals surface area contributed by atoms with Gasteiger partial charge in [-0.05, 0) is 38.9 Å². The van der Waals surface area contributed by atoms with Gasteiger partial charge in [-0.25, -0.2) is 0 Å². The van der Waals surface area contributed by atoms with Crippen molar-refractivity contribution in [2.75, 3.05) is 20.1 Å². The van der Waals surface area contributed by atoms with E-state index in [0.717, 1.165) is 5.92 Å². The van der Waals surface area contributed by atoms with Gasteiger partial charge in [0.25, 0.3) is 6.47 Å². The Balaban J connectivity index is 0.000000292. The summed E-state index contributed by atoms with van der Waals surface area (Å²) in [5.74, 6) is 0.978. The maximum atomic E-state index is 8.36. The Bertz CT molecular complexity index is 88.3. The third kappa shape index (κ3) is 5.85. The topological polar surface area (TPSA) is 40.5 Å². The van der Waals surface area contributed by atoms with Crippen molar-refractivity contribution >= 4 is 6.47 Å². The molecule has 0 atom stereocenters. The SMILES string of the molecule is CC1CCN(C)CC1.O=CO. The molecule has 1 aliphatic heterocycles. The Morgan fingerprint density at radius 2 is 1.82 bits per heavy atom. The number of carbonyl (C=O) groups is 1. The van der Waals surface area contributed by atoms with Crippen molar-refractivity contribution in [2.45, 2.75) is 19.8 Å². The fraction of sp³-hybridized carbons (Fsp3) is 0.875. The molecule has 3 nitrogen and oxygen atoms in total. The standard InChI is InChI=1S/C7H15N.CH2O2/c1-7-3-5-8(2)6-4-7;2-1-3/h7H,3-6H2,1-2H3;1H,(H,2,3). The molecule has 0 aromatic rings. The molecule has 0 amide bonds. The first-order valence-electron chi connectivity index (χ1n) is 3.97. The first-order chi connectivity index (χ1) is 5.20. The predicted octanol–water partition coefficient (Wildman–Crippen LogP) is 1.05. The Morgan fingerprint density at radius 1 is 1.45 bits per heavy atom. The molecule has 0 aliphatic carbocycles. The summed E-state index contributed by atoms with van der Waals surface area (Å²) in [6, 6.07) is 0. The van der Waals surface area contributed by atoms with E-state index in [1.54, 1.807) is 0 Å². The van der Waals surface area contributed by atoms with E-state index in [-0.39, 0.29) is 6.47 Å². The van der Waals surface area contributed by atoms with E-state index in [1.165, 1.54) is 25.9 Å². The van der Waals surface area contributed by atoms with Crippen LogP contribution in [0.15, 0.2) is 0 Å². The molecule has 1 rings (SSSR count). The molecule has 1 saturated heterocycles. The van der Waals surface area contributed by atoms with Gasteiger partial charge in [-0.1, -0.05) is 6.92 Å². The van der Waals surface area contributed by atoms with Crippen LogP contribution >= 0.6 is 0 Å². The third-order valence-corrected chi connectivity index (χ3v) is 2.01. The molecular weight excluding hydrogens is 142 g/mol. The van der Waals surface area contributed by atoms with Gasteiger partial charge in [0.2, 0.25) is 0 Å². The minimum absolute atomic E-state index is 0.250. The second-order valence-corrected chi connectivity index (χ2v) is 3.09. The highest BCUT2D eigenvalue weighted by atomic mass is 16.3. The maximum absolute atomic E-state index is 8.36. The van der Waals surface area contributed by atoms with Gasteiger partial charge in [-0.3, -0.25) is 4.79 Å². The lowest BCUT2D eigenvalue weighted by molar-refractivity contribution is -0.122. The number of nitrogens with zero attached hydrogens (tertiary/aromatic N) is 1. The number of hydrogen-bond acceptors (Lipinski definition) is 2. The minimum Gasteiger partial charge on any atom is -0.483 e.